The maximum absolute atomic E-state index is 12.6. The van der Waals surface area contributed by atoms with Crippen LogP contribution in [0.15, 0.2) is 54.0 Å². The van der Waals surface area contributed by atoms with Crippen molar-refractivity contribution in [2.75, 3.05) is 0 Å². The van der Waals surface area contributed by atoms with Crippen LogP contribution in [0.4, 0.5) is 5.69 Å². The molecule has 2 aromatic carbocycles. The van der Waals surface area contributed by atoms with Crippen molar-refractivity contribution in [2.24, 2.45) is 4.99 Å². The lowest BCUT2D eigenvalue weighted by Gasteiger charge is -2.04. The second kappa shape index (κ2) is 7.41. The van der Waals surface area contributed by atoms with Crippen LogP contribution in [0.3, 0.4) is 0 Å². The van der Waals surface area contributed by atoms with Gasteiger partial charge in [-0.25, -0.2) is 0 Å². The predicted octanol–water partition coefficient (Wildman–Crippen LogP) is 4.84. The number of para-hydroxylation sites is 1. The van der Waals surface area contributed by atoms with Gasteiger partial charge in [0.1, 0.15) is 5.56 Å². The lowest BCUT2D eigenvalue weighted by Crippen LogP contribution is -2.17. The zero-order valence-corrected chi connectivity index (χ0v) is 15.5. The standard InChI is InChI=1S/C17H11Cl2N3O3S/c1-2-9-21-15-13(8-7-11(18)14(15)19)26-17(21)20-16(23)10-5-3-4-6-12(10)22(24)25/h2-8H,1,9H2. The number of nitro groups is 1. The van der Waals surface area contributed by atoms with Gasteiger partial charge in [-0.2, -0.15) is 4.99 Å². The van der Waals surface area contributed by atoms with Gasteiger partial charge in [-0.05, 0) is 18.2 Å². The van der Waals surface area contributed by atoms with Gasteiger partial charge in [0.05, 0.1) is 25.2 Å². The highest BCUT2D eigenvalue weighted by atomic mass is 35.5. The van der Waals surface area contributed by atoms with E-state index in [1.165, 1.54) is 29.5 Å². The third kappa shape index (κ3) is 3.29. The smallest absolute Gasteiger partial charge is 0.286 e. The van der Waals surface area contributed by atoms with Crippen LogP contribution < -0.4 is 4.80 Å². The van der Waals surface area contributed by atoms with Crippen LogP contribution in [0.25, 0.3) is 10.2 Å². The Kier molecular flexibility index (Phi) is 5.22. The quantitative estimate of drug-likeness (QED) is 0.352. The van der Waals surface area contributed by atoms with Crippen LogP contribution >= 0.6 is 34.5 Å². The molecule has 0 fully saturated rings. The first-order valence-electron chi connectivity index (χ1n) is 7.34. The van der Waals surface area contributed by atoms with Crippen molar-refractivity contribution in [1.82, 2.24) is 4.57 Å². The SMILES string of the molecule is C=CCn1c(=NC(=O)c2ccccc2[N+](=O)[O-])sc2ccc(Cl)c(Cl)c21. The molecule has 26 heavy (non-hydrogen) atoms. The molecule has 1 aromatic heterocycles. The average Bonchev–Trinajstić information content (AvgIpc) is 2.96. The molecule has 1 amide bonds. The first-order chi connectivity index (χ1) is 12.4. The van der Waals surface area contributed by atoms with Gasteiger partial charge in [-0.15, -0.1) is 6.58 Å². The molecule has 0 aliphatic carbocycles. The Morgan fingerprint density at radius 1 is 1.31 bits per heavy atom. The summed E-state index contributed by atoms with van der Waals surface area (Å²) in [6, 6.07) is 9.13. The van der Waals surface area contributed by atoms with Crippen LogP contribution in [0, 0.1) is 10.1 Å². The molecule has 0 saturated carbocycles. The van der Waals surface area contributed by atoms with Gasteiger partial charge < -0.3 is 4.57 Å². The van der Waals surface area contributed by atoms with E-state index in [0.29, 0.717) is 26.9 Å². The molecular weight excluding hydrogens is 397 g/mol. The highest BCUT2D eigenvalue weighted by molar-refractivity contribution is 7.16. The van der Waals surface area contributed by atoms with E-state index in [1.807, 2.05) is 0 Å². The largest absolute Gasteiger partial charge is 0.311 e. The molecule has 0 atom stereocenters. The second-order valence-corrected chi connectivity index (χ2v) is 6.98. The highest BCUT2D eigenvalue weighted by Crippen LogP contribution is 2.32. The van der Waals surface area contributed by atoms with E-state index in [2.05, 4.69) is 11.6 Å². The summed E-state index contributed by atoms with van der Waals surface area (Å²) in [7, 11) is 0. The van der Waals surface area contributed by atoms with Crippen molar-refractivity contribution in [3.05, 3.63) is 79.6 Å². The molecule has 0 aliphatic heterocycles. The Morgan fingerprint density at radius 2 is 2.04 bits per heavy atom. The third-order valence-corrected chi connectivity index (χ3v) is 5.41. The number of rotatable bonds is 4. The molecule has 3 aromatic rings. The number of thiazole rings is 1. The number of fused-ring (bicyclic) bond motifs is 1. The summed E-state index contributed by atoms with van der Waals surface area (Å²) in [5.74, 6) is -0.705. The van der Waals surface area contributed by atoms with E-state index in [1.54, 1.807) is 28.8 Å². The number of halogens is 2. The van der Waals surface area contributed by atoms with Crippen LogP contribution in [0.5, 0.6) is 0 Å². The van der Waals surface area contributed by atoms with E-state index in [0.717, 1.165) is 4.70 Å². The van der Waals surface area contributed by atoms with Gasteiger partial charge >= 0.3 is 0 Å². The Hall–Kier alpha value is -2.48. The van der Waals surface area contributed by atoms with Crippen LogP contribution in [-0.4, -0.2) is 15.4 Å². The van der Waals surface area contributed by atoms with Gasteiger partial charge in [-0.3, -0.25) is 14.9 Å². The fraction of sp³-hybridized carbons (Fsp3) is 0.0588. The van der Waals surface area contributed by atoms with Gasteiger partial charge in [-0.1, -0.05) is 52.7 Å². The Balaban J connectivity index is 2.23. The summed E-state index contributed by atoms with van der Waals surface area (Å²) in [6.45, 7) is 4.05. The van der Waals surface area contributed by atoms with Crippen molar-refractivity contribution < 1.29 is 9.72 Å². The van der Waals surface area contributed by atoms with Crippen LogP contribution in [0.1, 0.15) is 10.4 Å². The number of nitro benzene ring substituents is 1. The first-order valence-corrected chi connectivity index (χ1v) is 8.92. The lowest BCUT2D eigenvalue weighted by molar-refractivity contribution is -0.385. The maximum atomic E-state index is 12.6. The Morgan fingerprint density at radius 3 is 2.73 bits per heavy atom. The Labute approximate surface area is 161 Å². The van der Waals surface area contributed by atoms with Gasteiger partial charge in [0, 0.05) is 12.6 Å². The normalized spacial score (nSPS) is 11.7. The van der Waals surface area contributed by atoms with E-state index in [9.17, 15) is 14.9 Å². The second-order valence-electron chi connectivity index (χ2n) is 5.18. The number of carbonyl (C=O) groups excluding carboxylic acids is 1. The minimum atomic E-state index is -0.705. The van der Waals surface area contributed by atoms with E-state index >= 15 is 0 Å². The van der Waals surface area contributed by atoms with Crippen molar-refractivity contribution >= 4 is 56.3 Å². The topological polar surface area (TPSA) is 77.5 Å². The molecule has 1 heterocycles. The van der Waals surface area contributed by atoms with Gasteiger partial charge in [0.25, 0.3) is 11.6 Å². The molecular formula is C17H11Cl2N3O3S. The minimum absolute atomic E-state index is 0.0794. The molecule has 0 bridgehead atoms. The highest BCUT2D eigenvalue weighted by Gasteiger charge is 2.19. The molecule has 0 saturated heterocycles. The lowest BCUT2D eigenvalue weighted by atomic mass is 10.2. The van der Waals surface area contributed by atoms with E-state index in [-0.39, 0.29) is 11.3 Å². The fourth-order valence-corrected chi connectivity index (χ4v) is 3.97. The zero-order valence-electron chi connectivity index (χ0n) is 13.2. The number of amides is 1. The molecule has 9 heteroatoms. The summed E-state index contributed by atoms with van der Waals surface area (Å²) in [5, 5.41) is 11.9. The number of allylic oxidation sites excluding steroid dienone is 1. The van der Waals surface area contributed by atoms with E-state index < -0.39 is 10.8 Å². The summed E-state index contributed by atoms with van der Waals surface area (Å²) in [4.78, 5) is 27.5. The molecule has 6 nitrogen and oxygen atoms in total. The van der Waals surface area contributed by atoms with Gasteiger partial charge in [0.2, 0.25) is 0 Å². The number of benzene rings is 2. The molecule has 0 radical (unpaired) electrons. The molecule has 0 unspecified atom stereocenters. The minimum Gasteiger partial charge on any atom is -0.311 e. The van der Waals surface area contributed by atoms with Crippen LogP contribution in [0.2, 0.25) is 10.0 Å². The van der Waals surface area contributed by atoms with Crippen molar-refractivity contribution in [2.45, 2.75) is 6.54 Å². The van der Waals surface area contributed by atoms with Crippen molar-refractivity contribution in [3.8, 4) is 0 Å². The Bertz CT molecular complexity index is 1120. The number of carbonyl (C=O) groups is 1. The number of nitrogens with zero attached hydrogens (tertiary/aromatic N) is 3. The monoisotopic (exact) mass is 407 g/mol. The van der Waals surface area contributed by atoms with Gasteiger partial charge in [0.15, 0.2) is 4.80 Å². The predicted molar refractivity (Wildman–Crippen MR) is 103 cm³/mol. The van der Waals surface area contributed by atoms with E-state index in [4.69, 9.17) is 23.2 Å². The van der Waals surface area contributed by atoms with Crippen molar-refractivity contribution in [1.29, 1.82) is 0 Å². The molecule has 0 N–H and O–H groups in total. The third-order valence-electron chi connectivity index (χ3n) is 3.57. The number of hydrogen-bond acceptors (Lipinski definition) is 4. The van der Waals surface area contributed by atoms with Crippen LogP contribution in [-0.2, 0) is 6.54 Å². The maximum Gasteiger partial charge on any atom is 0.286 e. The molecule has 3 rings (SSSR count). The zero-order chi connectivity index (χ0) is 18.8. The summed E-state index contributed by atoms with van der Waals surface area (Å²) >= 11 is 13.6. The molecule has 0 aliphatic rings. The summed E-state index contributed by atoms with van der Waals surface area (Å²) in [5.41, 5.74) is 0.265. The molecule has 0 spiro atoms. The number of aromatic nitrogens is 1. The first kappa shape index (κ1) is 18.3. The summed E-state index contributed by atoms with van der Waals surface area (Å²) in [6.07, 6.45) is 1.64. The van der Waals surface area contributed by atoms with Crippen molar-refractivity contribution in [3.63, 3.8) is 0 Å². The number of hydrogen-bond donors (Lipinski definition) is 0. The average molecular weight is 408 g/mol. The summed E-state index contributed by atoms with van der Waals surface area (Å²) < 4.78 is 2.49. The molecule has 132 valence electrons. The fourth-order valence-electron chi connectivity index (χ4n) is 2.45.